The van der Waals surface area contributed by atoms with Crippen molar-refractivity contribution in [2.24, 2.45) is 7.05 Å². The fourth-order valence-corrected chi connectivity index (χ4v) is 3.43. The van der Waals surface area contributed by atoms with E-state index in [1.165, 1.54) is 11.8 Å². The van der Waals surface area contributed by atoms with E-state index in [1.807, 2.05) is 20.0 Å². The third-order valence-electron chi connectivity index (χ3n) is 3.62. The molecule has 7 nitrogen and oxygen atoms in total. The molecule has 3 rings (SSSR count). The van der Waals surface area contributed by atoms with Crippen molar-refractivity contribution in [3.63, 3.8) is 0 Å². The van der Waals surface area contributed by atoms with Gasteiger partial charge in [0, 0.05) is 18.7 Å². The van der Waals surface area contributed by atoms with Gasteiger partial charge in [-0.05, 0) is 50.7 Å². The van der Waals surface area contributed by atoms with E-state index in [2.05, 4.69) is 30.0 Å². The molecule has 0 unspecified atom stereocenters. The van der Waals surface area contributed by atoms with Crippen LogP contribution in [0.1, 0.15) is 30.3 Å². The second-order valence-corrected chi connectivity index (χ2v) is 6.22. The first-order chi connectivity index (χ1) is 10.1. The summed E-state index contributed by atoms with van der Waals surface area (Å²) in [5.74, 6) is 1.83. The Hall–Kier alpha value is -1.67. The van der Waals surface area contributed by atoms with Crippen molar-refractivity contribution in [1.82, 2.24) is 30.0 Å². The van der Waals surface area contributed by atoms with Crippen LogP contribution in [0.15, 0.2) is 16.2 Å². The Bertz CT molecular complexity index is 613. The molecule has 0 radical (unpaired) electrons. The zero-order valence-corrected chi connectivity index (χ0v) is 13.0. The minimum Gasteiger partial charge on any atom is -0.368 e. The third kappa shape index (κ3) is 3.16. The monoisotopic (exact) mass is 305 g/mol. The number of nitrogens with zero attached hydrogens (tertiary/aromatic N) is 5. The zero-order valence-electron chi connectivity index (χ0n) is 12.2. The highest BCUT2D eigenvalue weighted by Gasteiger charge is 2.22. The molecule has 0 aliphatic carbocycles. The van der Waals surface area contributed by atoms with Crippen LogP contribution in [0.2, 0.25) is 0 Å². The number of piperidine rings is 1. The molecule has 1 fully saturated rings. The molecule has 0 amide bonds. The highest BCUT2D eigenvalue weighted by molar-refractivity contribution is 7.99. The fraction of sp³-hybridized carbons (Fsp3) is 0.538. The molecule has 3 N–H and O–H groups in total. The highest BCUT2D eigenvalue weighted by atomic mass is 32.2. The Kier molecular flexibility index (Phi) is 4.07. The number of anilines is 1. The lowest BCUT2D eigenvalue weighted by Crippen LogP contribution is -2.27. The first kappa shape index (κ1) is 14.3. The van der Waals surface area contributed by atoms with E-state index in [0.717, 1.165) is 47.6 Å². The van der Waals surface area contributed by atoms with Crippen LogP contribution in [-0.4, -0.2) is 37.8 Å². The first-order valence-corrected chi connectivity index (χ1v) is 7.84. The lowest BCUT2D eigenvalue weighted by atomic mass is 9.97. The molecule has 1 aliphatic heterocycles. The summed E-state index contributed by atoms with van der Waals surface area (Å²) in [6.45, 7) is 3.99. The standard InChI is InChI=1S/C13H19N7S/c1-8-7-10(17-12(14)16-8)21-13-19-18-11(20(13)2)9-3-5-15-6-4-9/h7,9,15H,3-6H2,1-2H3,(H2,14,16,17). The van der Waals surface area contributed by atoms with Gasteiger partial charge < -0.3 is 15.6 Å². The van der Waals surface area contributed by atoms with Crippen molar-refractivity contribution in [3.05, 3.63) is 17.6 Å². The lowest BCUT2D eigenvalue weighted by molar-refractivity contribution is 0.434. The van der Waals surface area contributed by atoms with Crippen LogP contribution in [-0.2, 0) is 7.05 Å². The molecule has 0 atom stereocenters. The first-order valence-electron chi connectivity index (χ1n) is 7.02. The van der Waals surface area contributed by atoms with Gasteiger partial charge in [-0.2, -0.15) is 0 Å². The minimum atomic E-state index is 0.290. The van der Waals surface area contributed by atoms with Crippen molar-refractivity contribution in [1.29, 1.82) is 0 Å². The van der Waals surface area contributed by atoms with E-state index in [1.54, 1.807) is 0 Å². The SMILES string of the molecule is Cc1cc(Sc2nnc(C3CCNCC3)n2C)nc(N)n1. The average molecular weight is 305 g/mol. The van der Waals surface area contributed by atoms with E-state index >= 15 is 0 Å². The molecule has 0 saturated carbocycles. The lowest BCUT2D eigenvalue weighted by Gasteiger charge is -2.21. The van der Waals surface area contributed by atoms with Gasteiger partial charge >= 0.3 is 0 Å². The molecule has 1 aliphatic rings. The number of hydrogen-bond donors (Lipinski definition) is 2. The Morgan fingerprint density at radius 2 is 2.05 bits per heavy atom. The molecule has 0 aromatic carbocycles. The number of aryl methyl sites for hydroxylation is 1. The molecule has 8 heteroatoms. The van der Waals surface area contributed by atoms with E-state index in [-0.39, 0.29) is 0 Å². The maximum Gasteiger partial charge on any atom is 0.221 e. The van der Waals surface area contributed by atoms with Crippen LogP contribution in [0.4, 0.5) is 5.95 Å². The van der Waals surface area contributed by atoms with Crippen LogP contribution >= 0.6 is 11.8 Å². The number of nitrogens with one attached hydrogen (secondary N) is 1. The minimum absolute atomic E-state index is 0.290. The molecule has 1 saturated heterocycles. The Morgan fingerprint density at radius 1 is 1.29 bits per heavy atom. The van der Waals surface area contributed by atoms with E-state index in [9.17, 15) is 0 Å². The van der Waals surface area contributed by atoms with Gasteiger partial charge in [0.25, 0.3) is 0 Å². The zero-order chi connectivity index (χ0) is 14.8. The van der Waals surface area contributed by atoms with Gasteiger partial charge in [0.1, 0.15) is 10.9 Å². The van der Waals surface area contributed by atoms with Gasteiger partial charge in [-0.3, -0.25) is 0 Å². The van der Waals surface area contributed by atoms with Crippen LogP contribution in [0.3, 0.4) is 0 Å². The molecule has 112 valence electrons. The second kappa shape index (κ2) is 5.98. The molecule has 2 aromatic rings. The molecule has 3 heterocycles. The quantitative estimate of drug-likeness (QED) is 0.820. The number of nitrogen functional groups attached to an aromatic ring is 1. The molecular weight excluding hydrogens is 286 g/mol. The van der Waals surface area contributed by atoms with E-state index < -0.39 is 0 Å². The molecule has 0 spiro atoms. The Morgan fingerprint density at radius 3 is 2.76 bits per heavy atom. The van der Waals surface area contributed by atoms with Crippen molar-refractivity contribution in [2.75, 3.05) is 18.8 Å². The molecule has 0 bridgehead atoms. The van der Waals surface area contributed by atoms with Crippen molar-refractivity contribution < 1.29 is 0 Å². The largest absolute Gasteiger partial charge is 0.368 e. The number of aromatic nitrogens is 5. The summed E-state index contributed by atoms with van der Waals surface area (Å²) in [7, 11) is 2.01. The fourth-order valence-electron chi connectivity index (χ4n) is 2.56. The maximum absolute atomic E-state index is 5.69. The van der Waals surface area contributed by atoms with E-state index in [0.29, 0.717) is 11.9 Å². The summed E-state index contributed by atoms with van der Waals surface area (Å²) in [6, 6.07) is 1.90. The summed E-state index contributed by atoms with van der Waals surface area (Å²) in [4.78, 5) is 8.31. The Labute approximate surface area is 127 Å². The maximum atomic E-state index is 5.69. The summed E-state index contributed by atoms with van der Waals surface area (Å²) >= 11 is 1.47. The number of nitrogens with two attached hydrogens (primary N) is 1. The van der Waals surface area contributed by atoms with Crippen molar-refractivity contribution in [2.45, 2.75) is 35.9 Å². The molecular formula is C13H19N7S. The van der Waals surface area contributed by atoms with Crippen LogP contribution in [0.25, 0.3) is 0 Å². The molecule has 2 aromatic heterocycles. The topological polar surface area (TPSA) is 94.5 Å². The summed E-state index contributed by atoms with van der Waals surface area (Å²) in [5, 5.41) is 13.7. The average Bonchev–Trinajstić information content (AvgIpc) is 2.80. The van der Waals surface area contributed by atoms with Gasteiger partial charge in [0.2, 0.25) is 5.95 Å². The Balaban J connectivity index is 1.81. The van der Waals surface area contributed by atoms with Gasteiger partial charge in [-0.15, -0.1) is 10.2 Å². The van der Waals surface area contributed by atoms with Crippen molar-refractivity contribution >= 4 is 17.7 Å². The third-order valence-corrected chi connectivity index (χ3v) is 4.57. The summed E-state index contributed by atoms with van der Waals surface area (Å²) in [6.07, 6.45) is 2.21. The van der Waals surface area contributed by atoms with Crippen LogP contribution in [0.5, 0.6) is 0 Å². The van der Waals surface area contributed by atoms with Gasteiger partial charge in [0.15, 0.2) is 5.16 Å². The highest BCUT2D eigenvalue weighted by Crippen LogP contribution is 2.29. The normalized spacial score (nSPS) is 16.3. The van der Waals surface area contributed by atoms with Crippen LogP contribution < -0.4 is 11.1 Å². The predicted molar refractivity (Wildman–Crippen MR) is 81.2 cm³/mol. The van der Waals surface area contributed by atoms with Crippen molar-refractivity contribution in [3.8, 4) is 0 Å². The van der Waals surface area contributed by atoms with Gasteiger partial charge in [-0.25, -0.2) is 9.97 Å². The predicted octanol–water partition coefficient (Wildman–Crippen LogP) is 1.11. The summed E-state index contributed by atoms with van der Waals surface area (Å²) in [5.41, 5.74) is 6.54. The van der Waals surface area contributed by atoms with Gasteiger partial charge in [0.05, 0.1) is 0 Å². The number of hydrogen-bond acceptors (Lipinski definition) is 7. The van der Waals surface area contributed by atoms with Gasteiger partial charge in [-0.1, -0.05) is 0 Å². The summed E-state index contributed by atoms with van der Waals surface area (Å²) < 4.78 is 2.06. The second-order valence-electron chi connectivity index (χ2n) is 5.23. The van der Waals surface area contributed by atoms with Crippen LogP contribution in [0, 0.1) is 6.92 Å². The number of rotatable bonds is 3. The smallest absolute Gasteiger partial charge is 0.221 e. The molecule has 21 heavy (non-hydrogen) atoms. The van der Waals surface area contributed by atoms with E-state index in [4.69, 9.17) is 5.73 Å².